The molecule has 3 aliphatic rings. The topological polar surface area (TPSA) is 23.5 Å². The standard InChI is InChI=1S/C14H25NO/c16-14(8-11-3-1-2-4-11)10-15-9-12-5-6-13(15)7-12/h11-14,16H,1-10H2. The summed E-state index contributed by atoms with van der Waals surface area (Å²) in [5, 5.41) is 10.2. The van der Waals surface area contributed by atoms with Crippen molar-refractivity contribution in [1.29, 1.82) is 0 Å². The maximum absolute atomic E-state index is 10.2. The maximum Gasteiger partial charge on any atom is 0.0669 e. The van der Waals surface area contributed by atoms with E-state index in [-0.39, 0.29) is 6.10 Å². The molecule has 0 aromatic heterocycles. The Bertz CT molecular complexity index is 237. The summed E-state index contributed by atoms with van der Waals surface area (Å²) in [6, 6.07) is 0.822. The Morgan fingerprint density at radius 1 is 1.12 bits per heavy atom. The van der Waals surface area contributed by atoms with Crippen molar-refractivity contribution in [3.63, 3.8) is 0 Å². The highest BCUT2D eigenvalue weighted by Gasteiger charge is 2.38. The molecule has 0 aromatic carbocycles. The second kappa shape index (κ2) is 4.66. The molecule has 1 saturated heterocycles. The lowest BCUT2D eigenvalue weighted by molar-refractivity contribution is 0.0767. The van der Waals surface area contributed by atoms with Crippen LogP contribution < -0.4 is 0 Å². The molecule has 0 aromatic rings. The SMILES string of the molecule is OC(CC1CCCC1)CN1CC2CCC1C2. The zero-order chi connectivity index (χ0) is 11.0. The average molecular weight is 223 g/mol. The van der Waals surface area contributed by atoms with Gasteiger partial charge in [-0.1, -0.05) is 25.7 Å². The first-order valence-corrected chi connectivity index (χ1v) is 7.23. The van der Waals surface area contributed by atoms with Gasteiger partial charge in [-0.15, -0.1) is 0 Å². The highest BCUT2D eigenvalue weighted by atomic mass is 16.3. The number of fused-ring (bicyclic) bond motifs is 2. The molecule has 1 heterocycles. The number of nitrogens with zero attached hydrogens (tertiary/aromatic N) is 1. The van der Waals surface area contributed by atoms with Gasteiger partial charge in [-0.05, 0) is 37.5 Å². The molecule has 3 unspecified atom stereocenters. The molecule has 16 heavy (non-hydrogen) atoms. The van der Waals surface area contributed by atoms with E-state index in [1.165, 1.54) is 51.5 Å². The summed E-state index contributed by atoms with van der Waals surface area (Å²) in [6.45, 7) is 2.23. The predicted octanol–water partition coefficient (Wildman–Crippen LogP) is 2.41. The normalized spacial score (nSPS) is 37.3. The molecule has 2 bridgehead atoms. The van der Waals surface area contributed by atoms with Crippen LogP contribution in [0, 0.1) is 11.8 Å². The summed E-state index contributed by atoms with van der Waals surface area (Å²) < 4.78 is 0. The second-order valence-electron chi connectivity index (χ2n) is 6.33. The lowest BCUT2D eigenvalue weighted by Crippen LogP contribution is -2.38. The van der Waals surface area contributed by atoms with Crippen molar-refractivity contribution in [2.75, 3.05) is 13.1 Å². The van der Waals surface area contributed by atoms with Crippen LogP contribution in [0.3, 0.4) is 0 Å². The Morgan fingerprint density at radius 2 is 1.94 bits per heavy atom. The molecule has 0 radical (unpaired) electrons. The molecular weight excluding hydrogens is 198 g/mol. The summed E-state index contributed by atoms with van der Waals surface area (Å²) in [5.74, 6) is 1.79. The van der Waals surface area contributed by atoms with Crippen molar-refractivity contribution in [3.05, 3.63) is 0 Å². The van der Waals surface area contributed by atoms with Gasteiger partial charge >= 0.3 is 0 Å². The van der Waals surface area contributed by atoms with E-state index in [4.69, 9.17) is 0 Å². The molecule has 3 fully saturated rings. The van der Waals surface area contributed by atoms with E-state index in [9.17, 15) is 5.11 Å². The highest BCUT2D eigenvalue weighted by Crippen LogP contribution is 2.37. The first-order valence-electron chi connectivity index (χ1n) is 7.23. The van der Waals surface area contributed by atoms with E-state index >= 15 is 0 Å². The molecule has 0 spiro atoms. The Labute approximate surface area is 99.0 Å². The third-order valence-corrected chi connectivity index (χ3v) is 5.05. The summed E-state index contributed by atoms with van der Waals surface area (Å²) in [7, 11) is 0. The van der Waals surface area contributed by atoms with Crippen molar-refractivity contribution in [2.45, 2.75) is 63.5 Å². The minimum absolute atomic E-state index is 0.0533. The smallest absolute Gasteiger partial charge is 0.0669 e. The van der Waals surface area contributed by atoms with Crippen LogP contribution in [0.5, 0.6) is 0 Å². The van der Waals surface area contributed by atoms with E-state index in [0.29, 0.717) is 0 Å². The monoisotopic (exact) mass is 223 g/mol. The predicted molar refractivity (Wildman–Crippen MR) is 65.3 cm³/mol. The summed E-state index contributed by atoms with van der Waals surface area (Å²) >= 11 is 0. The number of hydrogen-bond donors (Lipinski definition) is 1. The van der Waals surface area contributed by atoms with Gasteiger partial charge in [0.1, 0.15) is 0 Å². The van der Waals surface area contributed by atoms with Crippen molar-refractivity contribution >= 4 is 0 Å². The van der Waals surface area contributed by atoms with Gasteiger partial charge in [0, 0.05) is 19.1 Å². The van der Waals surface area contributed by atoms with Gasteiger partial charge in [-0.25, -0.2) is 0 Å². The van der Waals surface area contributed by atoms with Gasteiger partial charge in [-0.3, -0.25) is 4.90 Å². The van der Waals surface area contributed by atoms with E-state index in [0.717, 1.165) is 30.8 Å². The lowest BCUT2D eigenvalue weighted by Gasteiger charge is -2.29. The van der Waals surface area contributed by atoms with Crippen LogP contribution in [0.2, 0.25) is 0 Å². The van der Waals surface area contributed by atoms with E-state index in [1.54, 1.807) is 0 Å². The van der Waals surface area contributed by atoms with Crippen molar-refractivity contribution in [3.8, 4) is 0 Å². The highest BCUT2D eigenvalue weighted by molar-refractivity contribution is 4.92. The van der Waals surface area contributed by atoms with Crippen LogP contribution in [-0.2, 0) is 0 Å². The maximum atomic E-state index is 10.2. The second-order valence-corrected chi connectivity index (χ2v) is 6.33. The van der Waals surface area contributed by atoms with E-state index in [2.05, 4.69) is 4.90 Å². The lowest BCUT2D eigenvalue weighted by atomic mass is 9.99. The third-order valence-electron chi connectivity index (χ3n) is 5.05. The fourth-order valence-electron chi connectivity index (χ4n) is 4.23. The molecule has 3 rings (SSSR count). The van der Waals surface area contributed by atoms with Crippen molar-refractivity contribution in [1.82, 2.24) is 4.90 Å². The first kappa shape index (κ1) is 11.0. The van der Waals surface area contributed by atoms with Crippen LogP contribution >= 0.6 is 0 Å². The summed E-state index contributed by atoms with van der Waals surface area (Å²) in [5.41, 5.74) is 0. The molecular formula is C14H25NO. The Hall–Kier alpha value is -0.0800. The van der Waals surface area contributed by atoms with Crippen molar-refractivity contribution in [2.24, 2.45) is 11.8 Å². The zero-order valence-corrected chi connectivity index (χ0v) is 10.3. The third kappa shape index (κ3) is 2.28. The Morgan fingerprint density at radius 3 is 2.56 bits per heavy atom. The van der Waals surface area contributed by atoms with Crippen molar-refractivity contribution < 1.29 is 5.11 Å². The summed E-state index contributed by atoms with van der Waals surface area (Å²) in [6.07, 6.45) is 10.8. The minimum Gasteiger partial charge on any atom is -0.392 e. The molecule has 2 heteroatoms. The molecule has 0 amide bonds. The number of aliphatic hydroxyl groups is 1. The van der Waals surface area contributed by atoms with E-state index in [1.807, 2.05) is 0 Å². The van der Waals surface area contributed by atoms with Gasteiger partial charge in [0.05, 0.1) is 6.10 Å². The quantitative estimate of drug-likeness (QED) is 0.791. The Kier molecular flexibility index (Phi) is 3.21. The number of hydrogen-bond acceptors (Lipinski definition) is 2. The summed E-state index contributed by atoms with van der Waals surface area (Å²) in [4.78, 5) is 2.56. The van der Waals surface area contributed by atoms with Gasteiger partial charge in [0.25, 0.3) is 0 Å². The molecule has 1 aliphatic heterocycles. The molecule has 92 valence electrons. The zero-order valence-electron chi connectivity index (χ0n) is 10.3. The fraction of sp³-hybridized carbons (Fsp3) is 1.00. The number of piperidine rings is 1. The largest absolute Gasteiger partial charge is 0.392 e. The molecule has 2 saturated carbocycles. The molecule has 3 atom stereocenters. The van der Waals surface area contributed by atoms with Gasteiger partial charge in [0.2, 0.25) is 0 Å². The van der Waals surface area contributed by atoms with Crippen LogP contribution in [0.15, 0.2) is 0 Å². The number of likely N-dealkylation sites (tertiary alicyclic amines) is 1. The van der Waals surface area contributed by atoms with Crippen LogP contribution in [0.4, 0.5) is 0 Å². The Balaban J connectivity index is 1.43. The minimum atomic E-state index is -0.0533. The molecule has 1 N–H and O–H groups in total. The molecule has 2 aliphatic carbocycles. The van der Waals surface area contributed by atoms with E-state index < -0.39 is 0 Å². The molecule has 2 nitrogen and oxygen atoms in total. The van der Waals surface area contributed by atoms with Gasteiger partial charge < -0.3 is 5.11 Å². The van der Waals surface area contributed by atoms with Crippen LogP contribution in [-0.4, -0.2) is 35.2 Å². The van der Waals surface area contributed by atoms with Gasteiger partial charge in [0.15, 0.2) is 0 Å². The fourth-order valence-corrected chi connectivity index (χ4v) is 4.23. The number of rotatable bonds is 4. The average Bonchev–Trinajstić information content (AvgIpc) is 2.92. The van der Waals surface area contributed by atoms with Gasteiger partial charge in [-0.2, -0.15) is 0 Å². The number of β-amino-alcohol motifs (C(OH)–C–C–N with tert-alkyl or cyclic N) is 1. The van der Waals surface area contributed by atoms with Crippen LogP contribution in [0.25, 0.3) is 0 Å². The van der Waals surface area contributed by atoms with Crippen LogP contribution in [0.1, 0.15) is 51.4 Å². The number of aliphatic hydroxyl groups excluding tert-OH is 1. The first-order chi connectivity index (χ1) is 7.81.